The third-order valence-corrected chi connectivity index (χ3v) is 15.9. The number of carbonyl (C=O) groups excluding carboxylic acids is 3. The summed E-state index contributed by atoms with van der Waals surface area (Å²) in [5.74, 6) is 2.11. The molecule has 0 radical (unpaired) electrons. The number of piperazine rings is 2. The molecule has 2 atom stereocenters. The van der Waals surface area contributed by atoms with Crippen molar-refractivity contribution in [3.05, 3.63) is 71.4 Å². The van der Waals surface area contributed by atoms with Crippen molar-refractivity contribution in [2.24, 2.45) is 11.3 Å². The summed E-state index contributed by atoms with van der Waals surface area (Å²) < 4.78 is 44.1. The first-order chi connectivity index (χ1) is 34.9. The summed E-state index contributed by atoms with van der Waals surface area (Å²) in [4.78, 5) is 62.8. The van der Waals surface area contributed by atoms with Gasteiger partial charge >= 0.3 is 12.0 Å². The average molecular weight is 983 g/mol. The van der Waals surface area contributed by atoms with Crippen LogP contribution in [0.25, 0.3) is 32.9 Å². The highest BCUT2D eigenvalue weighted by atomic mass is 19.1. The van der Waals surface area contributed by atoms with Gasteiger partial charge in [-0.2, -0.15) is 9.97 Å². The molecule has 4 amide bonds. The van der Waals surface area contributed by atoms with Crippen molar-refractivity contribution in [1.82, 2.24) is 40.3 Å². The van der Waals surface area contributed by atoms with Crippen LogP contribution in [0.15, 0.2) is 48.7 Å². The highest BCUT2D eigenvalue weighted by Crippen LogP contribution is 2.47. The van der Waals surface area contributed by atoms with Gasteiger partial charge in [0.2, 0.25) is 5.91 Å². The molecular weight excluding hydrogens is 923 g/mol. The molecule has 2 aromatic heterocycles. The predicted octanol–water partition coefficient (Wildman–Crippen LogP) is 6.31. The number of pyridine rings is 1. The fourth-order valence-electron chi connectivity index (χ4n) is 11.7. The van der Waals surface area contributed by atoms with E-state index in [0.717, 1.165) is 90.6 Å². The summed E-state index contributed by atoms with van der Waals surface area (Å²) in [6.07, 6.45) is 15.8. The van der Waals surface area contributed by atoms with Crippen molar-refractivity contribution in [2.75, 3.05) is 95.5 Å². The molecule has 18 heteroatoms. The molecule has 2 unspecified atom stereocenters. The lowest BCUT2D eigenvalue weighted by molar-refractivity contribution is -0.120. The number of anilines is 2. The van der Waals surface area contributed by atoms with Gasteiger partial charge in [0, 0.05) is 112 Å². The number of imide groups is 1. The number of hydrogen-bond acceptors (Lipinski definition) is 13. The Bertz CT molecular complexity index is 2970. The minimum absolute atomic E-state index is 0.0365. The van der Waals surface area contributed by atoms with E-state index in [1.807, 2.05) is 4.90 Å². The van der Waals surface area contributed by atoms with Gasteiger partial charge in [0.15, 0.2) is 5.82 Å². The maximum absolute atomic E-state index is 17.1. The number of ether oxygens (including phenoxy) is 2. The Hall–Kier alpha value is -6.68. The molecule has 5 aliphatic heterocycles. The molecule has 6 fully saturated rings. The molecule has 0 spiro atoms. The van der Waals surface area contributed by atoms with Crippen LogP contribution in [-0.4, -0.2) is 150 Å². The number of rotatable bonds is 14. The SMILES string of the molecule is C#Cc1c(F)ccc2cc(O)cc(-c3ncc4c(N5CC6CCC(C5)N6)nc(OCC5(CN6CCN(CCCC7CCN(C(=O)c8ccc(OC)c(N9CCC(=O)NC9=O)c8)CC7)CC6)CC5)nc4c3F)c12. The zero-order valence-corrected chi connectivity index (χ0v) is 40.6. The van der Waals surface area contributed by atoms with Crippen molar-refractivity contribution < 1.29 is 37.7 Å². The quantitative estimate of drug-likeness (QED) is 0.106. The first kappa shape index (κ1) is 47.6. The van der Waals surface area contributed by atoms with Crippen LogP contribution < -0.4 is 29.9 Å². The number of piperidine rings is 1. The summed E-state index contributed by atoms with van der Waals surface area (Å²) in [6.45, 7) is 9.25. The summed E-state index contributed by atoms with van der Waals surface area (Å²) in [6, 6.07) is 10.8. The Labute approximate surface area is 417 Å². The number of aromatic nitrogens is 3. The van der Waals surface area contributed by atoms with Gasteiger partial charge in [0.05, 0.1) is 30.4 Å². The molecule has 16 nitrogen and oxygen atoms in total. The molecule has 2 bridgehead atoms. The first-order valence-corrected chi connectivity index (χ1v) is 25.4. The monoisotopic (exact) mass is 982 g/mol. The average Bonchev–Trinajstić information content (AvgIpc) is 4.07. The zero-order valence-electron chi connectivity index (χ0n) is 40.6. The summed E-state index contributed by atoms with van der Waals surface area (Å²) in [5.41, 5.74) is 0.966. The van der Waals surface area contributed by atoms with Crippen LogP contribution in [0.3, 0.4) is 0 Å². The number of hydrogen-bond donors (Lipinski definition) is 3. The number of fused-ring (bicyclic) bond motifs is 4. The van der Waals surface area contributed by atoms with Crippen molar-refractivity contribution >= 4 is 51.0 Å². The summed E-state index contributed by atoms with van der Waals surface area (Å²) >= 11 is 0. The lowest BCUT2D eigenvalue weighted by Gasteiger charge is -2.37. The molecule has 5 aromatic rings. The topological polar surface area (TPSA) is 169 Å². The molecule has 3 N–H and O–H groups in total. The molecule has 7 heterocycles. The van der Waals surface area contributed by atoms with E-state index in [2.05, 4.69) is 36.2 Å². The second kappa shape index (κ2) is 19.7. The highest BCUT2D eigenvalue weighted by Gasteiger charge is 2.45. The number of aromatic hydroxyl groups is 1. The molecule has 3 aromatic carbocycles. The maximum Gasteiger partial charge on any atom is 0.328 e. The summed E-state index contributed by atoms with van der Waals surface area (Å²) in [5, 5.41) is 17.9. The number of carbonyl (C=O) groups is 3. The Morgan fingerprint density at radius 1 is 0.944 bits per heavy atom. The van der Waals surface area contributed by atoms with Crippen molar-refractivity contribution in [3.8, 4) is 41.1 Å². The van der Waals surface area contributed by atoms with Crippen LogP contribution in [0.5, 0.6) is 17.5 Å². The van der Waals surface area contributed by atoms with E-state index >= 15 is 8.78 Å². The minimum Gasteiger partial charge on any atom is -0.508 e. The first-order valence-electron chi connectivity index (χ1n) is 25.4. The minimum atomic E-state index is -0.733. The van der Waals surface area contributed by atoms with E-state index in [0.29, 0.717) is 84.4 Å². The number of halogens is 2. The Morgan fingerprint density at radius 3 is 2.43 bits per heavy atom. The smallest absolute Gasteiger partial charge is 0.328 e. The second-order valence-corrected chi connectivity index (χ2v) is 20.6. The van der Waals surface area contributed by atoms with Crippen molar-refractivity contribution in [2.45, 2.75) is 69.9 Å². The van der Waals surface area contributed by atoms with Gasteiger partial charge in [0.1, 0.15) is 34.3 Å². The number of nitrogens with zero attached hydrogens (tertiary/aromatic N) is 8. The van der Waals surface area contributed by atoms with Crippen molar-refractivity contribution in [1.29, 1.82) is 0 Å². The molecule has 1 aliphatic carbocycles. The van der Waals surface area contributed by atoms with Gasteiger partial charge in [-0.25, -0.2) is 13.6 Å². The Morgan fingerprint density at radius 2 is 1.71 bits per heavy atom. The van der Waals surface area contributed by atoms with Crippen LogP contribution in [0.4, 0.5) is 25.1 Å². The number of methoxy groups -OCH3 is 1. The molecule has 5 saturated heterocycles. The van der Waals surface area contributed by atoms with Crippen molar-refractivity contribution in [3.63, 3.8) is 0 Å². The molecule has 11 rings (SSSR count). The Kier molecular flexibility index (Phi) is 13.1. The van der Waals surface area contributed by atoms with Gasteiger partial charge in [-0.1, -0.05) is 12.0 Å². The van der Waals surface area contributed by atoms with E-state index < -0.39 is 17.7 Å². The number of amides is 4. The van der Waals surface area contributed by atoms with Crippen LogP contribution in [-0.2, 0) is 4.79 Å². The number of phenolic OH excluding ortho intramolecular Hbond substituents is 1. The van der Waals surface area contributed by atoms with Gasteiger partial charge < -0.3 is 39.5 Å². The van der Waals surface area contributed by atoms with Crippen LogP contribution in [0, 0.1) is 35.3 Å². The fraction of sp³-hybridized carbons (Fsp3) is 0.481. The van der Waals surface area contributed by atoms with Crippen LogP contribution in [0.1, 0.15) is 73.7 Å². The lowest BCUT2D eigenvalue weighted by atomic mass is 9.91. The predicted molar refractivity (Wildman–Crippen MR) is 268 cm³/mol. The largest absolute Gasteiger partial charge is 0.508 e. The van der Waals surface area contributed by atoms with Gasteiger partial charge in [0.25, 0.3) is 5.91 Å². The molecule has 376 valence electrons. The second-order valence-electron chi connectivity index (χ2n) is 20.6. The number of nitrogens with one attached hydrogen (secondary N) is 2. The van der Waals surface area contributed by atoms with E-state index in [1.165, 1.54) is 36.3 Å². The normalized spacial score (nSPS) is 21.6. The third-order valence-electron chi connectivity index (χ3n) is 15.9. The molecule has 6 aliphatic rings. The highest BCUT2D eigenvalue weighted by molar-refractivity contribution is 6.07. The number of benzene rings is 3. The summed E-state index contributed by atoms with van der Waals surface area (Å²) in [7, 11) is 1.52. The molecule has 1 saturated carbocycles. The number of terminal acetylenes is 1. The molecule has 72 heavy (non-hydrogen) atoms. The van der Waals surface area contributed by atoms with E-state index in [1.54, 1.807) is 24.4 Å². The maximum atomic E-state index is 17.1. The number of likely N-dealkylation sites (tertiary alicyclic amines) is 1. The number of phenols is 1. The van der Waals surface area contributed by atoms with E-state index in [-0.39, 0.29) is 69.7 Å². The molecular formula is C54H60F2N10O6. The van der Waals surface area contributed by atoms with Gasteiger partial charge in [-0.15, -0.1) is 6.42 Å². The fourth-order valence-corrected chi connectivity index (χ4v) is 11.7. The van der Waals surface area contributed by atoms with Gasteiger partial charge in [-0.05, 0) is 106 Å². The number of urea groups is 1. The Balaban J connectivity index is 0.693. The van der Waals surface area contributed by atoms with E-state index in [9.17, 15) is 19.5 Å². The van der Waals surface area contributed by atoms with Gasteiger partial charge in [-0.3, -0.25) is 24.8 Å². The zero-order chi connectivity index (χ0) is 49.7. The van der Waals surface area contributed by atoms with Crippen LogP contribution in [0.2, 0.25) is 0 Å². The lowest BCUT2D eigenvalue weighted by Crippen LogP contribution is -2.51. The van der Waals surface area contributed by atoms with Crippen LogP contribution >= 0.6 is 0 Å². The third kappa shape index (κ3) is 9.57. The standard InChI is InChI=1S/C54H60F2N10O6/c1-3-39-42(55)10-6-34-25-38(67)27-40(46(34)39)48-47(56)49-41(28-57-48)50(65-29-36-8-9-37(30-65)58-36)61-52(60-49)72-32-54(15-16-54)31-63-23-21-62(22-24-63)17-4-5-33-12-18-64(19-13-33)51(69)35-7-11-44(71-2)43(26-35)66-20-14-45(68)59-53(66)70/h1,6-7,10-11,25-28,33,36-37,58,67H,4-5,8-9,12-24,29-32H2,2H3,(H,59,68,70). The van der Waals surface area contributed by atoms with E-state index in [4.69, 9.17) is 25.9 Å².